The van der Waals surface area contributed by atoms with Gasteiger partial charge in [-0.1, -0.05) is 68.2 Å². The van der Waals surface area contributed by atoms with E-state index in [1.807, 2.05) is 9.80 Å². The molecule has 0 aromatic heterocycles. The van der Waals surface area contributed by atoms with Gasteiger partial charge in [0.1, 0.15) is 0 Å². The zero-order chi connectivity index (χ0) is 28.4. The van der Waals surface area contributed by atoms with Crippen LogP contribution in [0.3, 0.4) is 0 Å². The van der Waals surface area contributed by atoms with Crippen molar-refractivity contribution in [2.45, 2.75) is 127 Å². The number of amides is 2. The van der Waals surface area contributed by atoms with Gasteiger partial charge in [0.05, 0.1) is 0 Å². The standard InChI is InChI=1S/C12H23NO.C10H19NO.C10H21N/c1-5-6-12(10(2)3)7-8-13(9-12)11(4)14;1-4-8(2)10-5-6-11(7-10)9(3)12;1-5-11-8-6-7-10(11,4)9(2)3/h10H,5-9H2,1-4H3;8,10H,4-7H2,1-3H3;9H,5-8H2,1-4H3. The lowest BCUT2D eigenvalue weighted by Gasteiger charge is -2.38. The third-order valence-electron chi connectivity index (χ3n) is 10.4. The van der Waals surface area contributed by atoms with Crippen LogP contribution in [0.25, 0.3) is 0 Å². The minimum atomic E-state index is 0.237. The van der Waals surface area contributed by atoms with Crippen LogP contribution in [-0.4, -0.2) is 71.3 Å². The predicted molar refractivity (Wildman–Crippen MR) is 159 cm³/mol. The van der Waals surface area contributed by atoms with E-state index in [9.17, 15) is 9.59 Å². The van der Waals surface area contributed by atoms with E-state index in [2.05, 4.69) is 67.2 Å². The first-order chi connectivity index (χ1) is 17.3. The summed E-state index contributed by atoms with van der Waals surface area (Å²) in [5, 5.41) is 0. The van der Waals surface area contributed by atoms with Gasteiger partial charge in [-0.25, -0.2) is 0 Å². The van der Waals surface area contributed by atoms with E-state index in [1.165, 1.54) is 58.0 Å². The third kappa shape index (κ3) is 9.25. The molecule has 0 aliphatic carbocycles. The van der Waals surface area contributed by atoms with E-state index < -0.39 is 0 Å². The maximum absolute atomic E-state index is 11.3. The van der Waals surface area contributed by atoms with Crippen molar-refractivity contribution in [3.63, 3.8) is 0 Å². The van der Waals surface area contributed by atoms with Crippen LogP contribution in [-0.2, 0) is 9.59 Å². The Hall–Kier alpha value is -1.10. The van der Waals surface area contributed by atoms with Crippen LogP contribution in [0.5, 0.6) is 0 Å². The van der Waals surface area contributed by atoms with Gasteiger partial charge in [0.2, 0.25) is 11.8 Å². The first-order valence-electron chi connectivity index (χ1n) is 15.5. The summed E-state index contributed by atoms with van der Waals surface area (Å²) in [6, 6.07) is 0. The van der Waals surface area contributed by atoms with Gasteiger partial charge in [-0.15, -0.1) is 0 Å². The van der Waals surface area contributed by atoms with Gasteiger partial charge in [0.25, 0.3) is 0 Å². The second-order valence-corrected chi connectivity index (χ2v) is 13.1. The van der Waals surface area contributed by atoms with Crippen LogP contribution >= 0.6 is 0 Å². The van der Waals surface area contributed by atoms with Crippen LogP contribution in [0.15, 0.2) is 0 Å². The molecule has 0 spiro atoms. The average Bonchev–Trinajstić information content (AvgIpc) is 3.59. The Morgan fingerprint density at radius 3 is 1.86 bits per heavy atom. The number of carbonyl (C=O) groups is 2. The topological polar surface area (TPSA) is 43.9 Å². The van der Waals surface area contributed by atoms with Crippen molar-refractivity contribution >= 4 is 11.8 Å². The van der Waals surface area contributed by atoms with Crippen molar-refractivity contribution in [1.82, 2.24) is 14.7 Å². The summed E-state index contributed by atoms with van der Waals surface area (Å²) in [5.74, 6) is 3.48. The summed E-state index contributed by atoms with van der Waals surface area (Å²) in [5.41, 5.74) is 0.898. The molecule has 5 heteroatoms. The van der Waals surface area contributed by atoms with Gasteiger partial charge in [-0.3, -0.25) is 14.5 Å². The summed E-state index contributed by atoms with van der Waals surface area (Å²) < 4.78 is 0. The summed E-state index contributed by atoms with van der Waals surface area (Å²) >= 11 is 0. The Labute approximate surface area is 231 Å². The molecule has 218 valence electrons. The molecular formula is C32H63N3O2. The lowest BCUT2D eigenvalue weighted by molar-refractivity contribution is -0.129. The first-order valence-corrected chi connectivity index (χ1v) is 15.5. The Morgan fingerprint density at radius 2 is 1.49 bits per heavy atom. The molecule has 3 aliphatic rings. The highest BCUT2D eigenvalue weighted by Gasteiger charge is 2.40. The molecule has 3 aliphatic heterocycles. The largest absolute Gasteiger partial charge is 0.343 e. The van der Waals surface area contributed by atoms with E-state index in [0.717, 1.165) is 43.9 Å². The lowest BCUT2D eigenvalue weighted by atomic mass is 9.73. The smallest absolute Gasteiger partial charge is 0.219 e. The Morgan fingerprint density at radius 1 is 0.865 bits per heavy atom. The summed E-state index contributed by atoms with van der Waals surface area (Å²) in [6.45, 7) is 30.5. The fourth-order valence-electron chi connectivity index (χ4n) is 6.71. The van der Waals surface area contributed by atoms with Gasteiger partial charge in [0.15, 0.2) is 0 Å². The number of carbonyl (C=O) groups excluding carboxylic acids is 2. The SMILES string of the molecule is CCC(C)C1CCN(C(C)=O)C1.CCCC1(C(C)C)CCN(C(C)=O)C1.CCN1CCCC1(C)C(C)C. The third-order valence-corrected chi connectivity index (χ3v) is 10.4. The second kappa shape index (κ2) is 15.5. The summed E-state index contributed by atoms with van der Waals surface area (Å²) in [6.07, 6.45) is 8.89. The highest BCUT2D eigenvalue weighted by molar-refractivity contribution is 5.73. The number of rotatable bonds is 7. The maximum atomic E-state index is 11.3. The van der Waals surface area contributed by atoms with Gasteiger partial charge >= 0.3 is 0 Å². The molecule has 2 amide bonds. The van der Waals surface area contributed by atoms with Crippen molar-refractivity contribution in [3.05, 3.63) is 0 Å². The van der Waals surface area contributed by atoms with Crippen molar-refractivity contribution < 1.29 is 9.59 Å². The molecule has 0 aromatic rings. The van der Waals surface area contributed by atoms with Crippen molar-refractivity contribution in [3.8, 4) is 0 Å². The zero-order valence-electron chi connectivity index (χ0n) is 26.7. The normalized spacial score (nSPS) is 28.7. The Bertz CT molecular complexity index is 694. The predicted octanol–water partition coefficient (Wildman–Crippen LogP) is 7.10. The molecule has 0 N–H and O–H groups in total. The zero-order valence-corrected chi connectivity index (χ0v) is 26.7. The number of likely N-dealkylation sites (tertiary alicyclic amines) is 3. The first kappa shape index (κ1) is 33.9. The van der Waals surface area contributed by atoms with E-state index in [4.69, 9.17) is 0 Å². The maximum Gasteiger partial charge on any atom is 0.219 e. The van der Waals surface area contributed by atoms with Gasteiger partial charge in [0, 0.05) is 45.6 Å². The van der Waals surface area contributed by atoms with Crippen LogP contribution < -0.4 is 0 Å². The number of hydrogen-bond donors (Lipinski definition) is 0. The molecule has 37 heavy (non-hydrogen) atoms. The minimum Gasteiger partial charge on any atom is -0.343 e. The van der Waals surface area contributed by atoms with Crippen LogP contribution in [0.1, 0.15) is 121 Å². The molecular weight excluding hydrogens is 458 g/mol. The highest BCUT2D eigenvalue weighted by Crippen LogP contribution is 2.41. The molecule has 4 unspecified atom stereocenters. The Balaban J connectivity index is 0.000000280. The van der Waals surface area contributed by atoms with Crippen molar-refractivity contribution in [2.75, 3.05) is 39.3 Å². The lowest BCUT2D eigenvalue weighted by Crippen LogP contribution is -2.45. The van der Waals surface area contributed by atoms with Gasteiger partial charge in [-0.05, 0) is 81.2 Å². The van der Waals surface area contributed by atoms with E-state index in [-0.39, 0.29) is 11.8 Å². The average molecular weight is 522 g/mol. The molecule has 0 bridgehead atoms. The number of hydrogen-bond acceptors (Lipinski definition) is 3. The van der Waals surface area contributed by atoms with Crippen molar-refractivity contribution in [2.24, 2.45) is 29.1 Å². The quantitative estimate of drug-likeness (QED) is 0.359. The molecule has 3 heterocycles. The van der Waals surface area contributed by atoms with Crippen LogP contribution in [0.4, 0.5) is 0 Å². The van der Waals surface area contributed by atoms with Crippen molar-refractivity contribution in [1.29, 1.82) is 0 Å². The fraction of sp³-hybridized carbons (Fsp3) is 0.938. The molecule has 5 nitrogen and oxygen atoms in total. The second-order valence-electron chi connectivity index (χ2n) is 13.1. The molecule has 3 saturated heterocycles. The molecule has 3 rings (SSSR count). The van der Waals surface area contributed by atoms with E-state index >= 15 is 0 Å². The summed E-state index contributed by atoms with van der Waals surface area (Å²) in [7, 11) is 0. The molecule has 0 aromatic carbocycles. The van der Waals surface area contributed by atoms with Crippen LogP contribution in [0.2, 0.25) is 0 Å². The molecule has 0 radical (unpaired) electrons. The Kier molecular flexibility index (Phi) is 14.2. The van der Waals surface area contributed by atoms with Gasteiger partial charge in [-0.2, -0.15) is 0 Å². The molecule has 4 atom stereocenters. The number of nitrogens with zero attached hydrogens (tertiary/aromatic N) is 3. The monoisotopic (exact) mass is 521 g/mol. The van der Waals surface area contributed by atoms with Gasteiger partial charge < -0.3 is 9.80 Å². The van der Waals surface area contributed by atoms with Crippen LogP contribution in [0, 0.1) is 29.1 Å². The fourth-order valence-corrected chi connectivity index (χ4v) is 6.71. The summed E-state index contributed by atoms with van der Waals surface area (Å²) in [4.78, 5) is 28.9. The van der Waals surface area contributed by atoms with E-state index in [1.54, 1.807) is 13.8 Å². The van der Waals surface area contributed by atoms with E-state index in [0.29, 0.717) is 16.9 Å². The highest BCUT2D eigenvalue weighted by atomic mass is 16.2. The molecule has 0 saturated carbocycles. The molecule has 3 fully saturated rings. The minimum absolute atomic E-state index is 0.237.